The first-order chi connectivity index (χ1) is 7.87. The normalized spacial score (nSPS) is 34.8. The molecule has 1 fully saturated rings. The van der Waals surface area contributed by atoms with Crippen LogP contribution < -0.4 is 0 Å². The van der Waals surface area contributed by atoms with E-state index >= 15 is 0 Å². The number of allylic oxidation sites excluding steroid dienone is 2. The van der Waals surface area contributed by atoms with Crippen molar-refractivity contribution in [3.05, 3.63) is 23.3 Å². The fourth-order valence-electron chi connectivity index (χ4n) is 3.23. The molecule has 0 saturated heterocycles. The maximum Gasteiger partial charge on any atom is 0.333 e. The first kappa shape index (κ1) is 12.4. The molecule has 0 N–H and O–H groups in total. The predicted octanol–water partition coefficient (Wildman–Crippen LogP) is 3.49. The van der Waals surface area contributed by atoms with Crippen LogP contribution in [0.4, 0.5) is 0 Å². The van der Waals surface area contributed by atoms with E-state index < -0.39 is 0 Å². The Balaban J connectivity index is 2.13. The van der Waals surface area contributed by atoms with Crippen molar-refractivity contribution in [2.24, 2.45) is 17.3 Å². The zero-order valence-electron chi connectivity index (χ0n) is 11.4. The van der Waals surface area contributed by atoms with Crippen LogP contribution in [0.15, 0.2) is 23.3 Å². The molecule has 94 valence electrons. The van der Waals surface area contributed by atoms with Gasteiger partial charge in [-0.2, -0.15) is 0 Å². The highest BCUT2D eigenvalue weighted by Gasteiger charge is 2.55. The van der Waals surface area contributed by atoms with Crippen molar-refractivity contribution in [2.75, 3.05) is 0 Å². The van der Waals surface area contributed by atoms with E-state index in [-0.39, 0.29) is 17.5 Å². The number of carbonyl (C=O) groups excluding carboxylic acids is 1. The Kier molecular flexibility index (Phi) is 2.92. The van der Waals surface area contributed by atoms with Crippen molar-refractivity contribution in [2.45, 2.75) is 47.1 Å². The van der Waals surface area contributed by atoms with Gasteiger partial charge in [0, 0.05) is 11.5 Å². The molecule has 2 bridgehead atoms. The van der Waals surface area contributed by atoms with Gasteiger partial charge in [-0.05, 0) is 44.6 Å². The monoisotopic (exact) mass is 234 g/mol. The van der Waals surface area contributed by atoms with Crippen LogP contribution in [0, 0.1) is 17.3 Å². The van der Waals surface area contributed by atoms with E-state index in [0.29, 0.717) is 17.4 Å². The highest BCUT2D eigenvalue weighted by Crippen LogP contribution is 2.59. The molecule has 0 radical (unpaired) electrons. The second-order valence-corrected chi connectivity index (χ2v) is 5.97. The highest BCUT2D eigenvalue weighted by molar-refractivity contribution is 5.87. The van der Waals surface area contributed by atoms with Gasteiger partial charge in [0.05, 0.1) is 0 Å². The fraction of sp³-hybridized carbons (Fsp3) is 0.667. The molecule has 3 aliphatic carbocycles. The minimum Gasteiger partial charge on any atom is -0.454 e. The third-order valence-electron chi connectivity index (χ3n) is 4.71. The Morgan fingerprint density at radius 2 is 2.18 bits per heavy atom. The second-order valence-electron chi connectivity index (χ2n) is 5.97. The molecule has 0 heterocycles. The van der Waals surface area contributed by atoms with Crippen molar-refractivity contribution in [1.82, 2.24) is 0 Å². The number of fused-ring (bicyclic) bond motifs is 1. The van der Waals surface area contributed by atoms with Crippen LogP contribution in [0.2, 0.25) is 0 Å². The van der Waals surface area contributed by atoms with E-state index in [4.69, 9.17) is 4.74 Å². The number of carbonyl (C=O) groups is 1. The Labute approximate surface area is 104 Å². The van der Waals surface area contributed by atoms with Crippen molar-refractivity contribution in [1.29, 1.82) is 0 Å². The lowest BCUT2D eigenvalue weighted by molar-refractivity contribution is -0.156. The molecule has 0 aromatic carbocycles. The SMILES string of the molecule is C/C=C(\C)C(=O)OC1C=C(C)C2CC1C2(C)C. The second kappa shape index (κ2) is 4.01. The largest absolute Gasteiger partial charge is 0.454 e. The van der Waals surface area contributed by atoms with Gasteiger partial charge >= 0.3 is 5.97 Å². The summed E-state index contributed by atoms with van der Waals surface area (Å²) in [6, 6.07) is 0. The van der Waals surface area contributed by atoms with Gasteiger partial charge in [-0.1, -0.05) is 25.5 Å². The highest BCUT2D eigenvalue weighted by atomic mass is 16.5. The van der Waals surface area contributed by atoms with Crippen molar-refractivity contribution >= 4 is 5.97 Å². The Morgan fingerprint density at radius 1 is 1.53 bits per heavy atom. The summed E-state index contributed by atoms with van der Waals surface area (Å²) in [7, 11) is 0. The summed E-state index contributed by atoms with van der Waals surface area (Å²) < 4.78 is 5.62. The molecule has 0 aliphatic heterocycles. The van der Waals surface area contributed by atoms with Gasteiger partial charge in [0.15, 0.2) is 0 Å². The zero-order valence-corrected chi connectivity index (χ0v) is 11.4. The Bertz CT molecular complexity index is 401. The molecule has 2 heteroatoms. The number of hydrogen-bond donors (Lipinski definition) is 0. The maximum atomic E-state index is 11.8. The van der Waals surface area contributed by atoms with Gasteiger partial charge in [0.1, 0.15) is 6.10 Å². The minimum absolute atomic E-state index is 0.0302. The van der Waals surface area contributed by atoms with E-state index in [1.54, 1.807) is 13.0 Å². The van der Waals surface area contributed by atoms with Gasteiger partial charge in [-0.3, -0.25) is 0 Å². The van der Waals surface area contributed by atoms with Crippen LogP contribution >= 0.6 is 0 Å². The third kappa shape index (κ3) is 1.84. The lowest BCUT2D eigenvalue weighted by atomic mass is 9.48. The van der Waals surface area contributed by atoms with Crippen molar-refractivity contribution in [3.63, 3.8) is 0 Å². The molecule has 3 atom stereocenters. The van der Waals surface area contributed by atoms with Crippen LogP contribution in [0.25, 0.3) is 0 Å². The Morgan fingerprint density at radius 3 is 2.65 bits per heavy atom. The fourth-order valence-corrected chi connectivity index (χ4v) is 3.23. The summed E-state index contributed by atoms with van der Waals surface area (Å²) in [6.45, 7) is 10.4. The average molecular weight is 234 g/mol. The van der Waals surface area contributed by atoms with Crippen LogP contribution in [0.1, 0.15) is 41.0 Å². The van der Waals surface area contributed by atoms with Gasteiger partial charge in [-0.15, -0.1) is 0 Å². The van der Waals surface area contributed by atoms with Gasteiger partial charge in [0.2, 0.25) is 0 Å². The smallest absolute Gasteiger partial charge is 0.333 e. The first-order valence-electron chi connectivity index (χ1n) is 6.40. The quantitative estimate of drug-likeness (QED) is 0.415. The van der Waals surface area contributed by atoms with Gasteiger partial charge in [0.25, 0.3) is 0 Å². The molecule has 3 aliphatic rings. The summed E-state index contributed by atoms with van der Waals surface area (Å²) in [5.41, 5.74) is 2.36. The molecule has 1 saturated carbocycles. The average Bonchev–Trinajstić information content (AvgIpc) is 2.26. The third-order valence-corrected chi connectivity index (χ3v) is 4.71. The minimum atomic E-state index is -0.178. The summed E-state index contributed by atoms with van der Waals surface area (Å²) in [5.74, 6) is 0.998. The number of hydrogen-bond acceptors (Lipinski definition) is 2. The maximum absolute atomic E-state index is 11.8. The van der Waals surface area contributed by atoms with Crippen molar-refractivity contribution in [3.8, 4) is 0 Å². The molecule has 0 aromatic rings. The summed E-state index contributed by atoms with van der Waals surface area (Å²) in [5, 5.41) is 0. The topological polar surface area (TPSA) is 26.3 Å². The zero-order chi connectivity index (χ0) is 12.8. The number of esters is 1. The molecule has 0 spiro atoms. The van der Waals surface area contributed by atoms with Crippen LogP contribution in [0.5, 0.6) is 0 Å². The van der Waals surface area contributed by atoms with E-state index in [1.807, 2.05) is 6.92 Å². The molecule has 3 rings (SSSR count). The molecule has 2 nitrogen and oxygen atoms in total. The van der Waals surface area contributed by atoms with Gasteiger partial charge in [-0.25, -0.2) is 4.79 Å². The van der Waals surface area contributed by atoms with E-state index in [0.717, 1.165) is 0 Å². The molecule has 17 heavy (non-hydrogen) atoms. The first-order valence-corrected chi connectivity index (χ1v) is 6.40. The van der Waals surface area contributed by atoms with E-state index in [2.05, 4.69) is 26.8 Å². The lowest BCUT2D eigenvalue weighted by Gasteiger charge is -2.58. The van der Waals surface area contributed by atoms with Gasteiger partial charge < -0.3 is 4.74 Å². The number of ether oxygens (including phenoxy) is 1. The lowest BCUT2D eigenvalue weighted by Crippen LogP contribution is -2.54. The molecule has 0 amide bonds. The number of rotatable bonds is 2. The van der Waals surface area contributed by atoms with E-state index in [9.17, 15) is 4.79 Å². The van der Waals surface area contributed by atoms with Crippen molar-refractivity contribution < 1.29 is 9.53 Å². The standard InChI is InChI=1S/C15H22O2/c1-6-9(2)14(16)17-13-7-10(3)11-8-12(13)15(11,4)5/h6-7,11-13H,8H2,1-5H3/b9-6+. The predicted molar refractivity (Wildman–Crippen MR) is 68.4 cm³/mol. The molecular formula is C15H22O2. The van der Waals surface area contributed by atoms with Crippen LogP contribution in [-0.2, 0) is 9.53 Å². The molecular weight excluding hydrogens is 212 g/mol. The van der Waals surface area contributed by atoms with E-state index in [1.165, 1.54) is 12.0 Å². The Hall–Kier alpha value is -1.05. The van der Waals surface area contributed by atoms with Crippen LogP contribution in [0.3, 0.4) is 0 Å². The summed E-state index contributed by atoms with van der Waals surface area (Å²) in [4.78, 5) is 11.8. The molecule has 0 aromatic heterocycles. The summed E-state index contributed by atoms with van der Waals surface area (Å²) >= 11 is 0. The summed E-state index contributed by atoms with van der Waals surface area (Å²) in [6.07, 6.45) is 5.08. The van der Waals surface area contributed by atoms with Crippen LogP contribution in [-0.4, -0.2) is 12.1 Å². The molecule has 3 unspecified atom stereocenters.